The lowest BCUT2D eigenvalue weighted by atomic mass is 9.95. The first kappa shape index (κ1) is 22.1. The summed E-state index contributed by atoms with van der Waals surface area (Å²) >= 11 is 0. The Balaban J connectivity index is 1.88. The number of phenolic OH excluding ortho intramolecular Hbond substituents is 1. The van der Waals surface area contributed by atoms with E-state index in [9.17, 15) is 24.2 Å². The Morgan fingerprint density at radius 1 is 1.00 bits per heavy atom. The molecule has 1 heterocycles. The molecular weight excluding hydrogens is 425 g/mol. The van der Waals surface area contributed by atoms with Crippen molar-refractivity contribution in [3.8, 4) is 11.5 Å². The van der Waals surface area contributed by atoms with Crippen LogP contribution in [-0.4, -0.2) is 28.0 Å². The van der Waals surface area contributed by atoms with Gasteiger partial charge in [-0.25, -0.2) is 4.39 Å². The van der Waals surface area contributed by atoms with E-state index in [1.54, 1.807) is 36.4 Å². The molecule has 0 aliphatic carbocycles. The lowest BCUT2D eigenvalue weighted by Crippen LogP contribution is -2.29. The van der Waals surface area contributed by atoms with E-state index in [0.717, 1.165) is 11.0 Å². The topological polar surface area (TPSA) is 87.1 Å². The van der Waals surface area contributed by atoms with Crippen molar-refractivity contribution in [3.63, 3.8) is 0 Å². The second kappa shape index (κ2) is 8.78. The van der Waals surface area contributed by atoms with Gasteiger partial charge in [0.1, 0.15) is 23.1 Å². The van der Waals surface area contributed by atoms with Gasteiger partial charge < -0.3 is 14.9 Å². The number of anilines is 1. The van der Waals surface area contributed by atoms with E-state index in [1.165, 1.54) is 30.3 Å². The van der Waals surface area contributed by atoms with Gasteiger partial charge >= 0.3 is 0 Å². The summed E-state index contributed by atoms with van der Waals surface area (Å²) in [6, 6.07) is 16.7. The summed E-state index contributed by atoms with van der Waals surface area (Å²) in [5.74, 6) is -2.26. The molecule has 1 fully saturated rings. The smallest absolute Gasteiger partial charge is 0.300 e. The number of ether oxygens (including phenoxy) is 1. The second-order valence-corrected chi connectivity index (χ2v) is 7.93. The van der Waals surface area contributed by atoms with Crippen LogP contribution < -0.4 is 9.64 Å². The van der Waals surface area contributed by atoms with Crippen LogP contribution in [0, 0.1) is 5.82 Å². The molecular formula is C26H22FNO5. The highest BCUT2D eigenvalue weighted by atomic mass is 19.1. The van der Waals surface area contributed by atoms with Crippen molar-refractivity contribution in [2.24, 2.45) is 0 Å². The fraction of sp³-hybridized carbons (Fsp3) is 0.154. The van der Waals surface area contributed by atoms with Crippen molar-refractivity contribution in [3.05, 3.63) is 95.3 Å². The molecule has 1 unspecified atom stereocenters. The quantitative estimate of drug-likeness (QED) is 0.329. The van der Waals surface area contributed by atoms with Crippen molar-refractivity contribution in [2.75, 3.05) is 4.90 Å². The number of halogens is 1. The molecule has 1 aliphatic rings. The summed E-state index contributed by atoms with van der Waals surface area (Å²) in [6.45, 7) is 3.77. The summed E-state index contributed by atoms with van der Waals surface area (Å²) in [5.41, 5.74) is 0.700. The third-order valence-electron chi connectivity index (χ3n) is 5.22. The predicted octanol–water partition coefficient (Wildman–Crippen LogP) is 4.94. The number of aromatic hydroxyl groups is 1. The van der Waals surface area contributed by atoms with Crippen LogP contribution in [0.2, 0.25) is 0 Å². The molecule has 4 rings (SSSR count). The molecule has 0 bridgehead atoms. The van der Waals surface area contributed by atoms with Gasteiger partial charge in [-0.15, -0.1) is 0 Å². The van der Waals surface area contributed by atoms with Crippen LogP contribution in [-0.2, 0) is 9.59 Å². The molecule has 0 aromatic heterocycles. The number of rotatable bonds is 5. The number of Topliss-reactive ketones (excluding diaryl/α,β-unsaturated/α-hetero) is 1. The molecule has 1 saturated heterocycles. The Morgan fingerprint density at radius 2 is 1.70 bits per heavy atom. The van der Waals surface area contributed by atoms with Gasteiger partial charge in [0.15, 0.2) is 0 Å². The summed E-state index contributed by atoms with van der Waals surface area (Å²) in [4.78, 5) is 27.2. The molecule has 1 atom stereocenters. The first-order chi connectivity index (χ1) is 15.8. The third kappa shape index (κ3) is 4.30. The van der Waals surface area contributed by atoms with E-state index in [1.807, 2.05) is 13.8 Å². The number of carbonyl (C=O) groups excluding carboxylic acids is 2. The maximum Gasteiger partial charge on any atom is 0.300 e. The summed E-state index contributed by atoms with van der Waals surface area (Å²) in [7, 11) is 0. The van der Waals surface area contributed by atoms with Crippen molar-refractivity contribution in [1.29, 1.82) is 0 Å². The Labute approximate surface area is 190 Å². The Bertz CT molecular complexity index is 1250. The van der Waals surface area contributed by atoms with E-state index in [0.29, 0.717) is 16.9 Å². The standard InChI is InChI=1S/C26H22FNO5/c1-15(2)33-21-11-9-16(10-12-21)24(30)22-23(17-5-3-8-20(29)13-17)28(26(32)25(22)31)19-7-4-6-18(27)14-19/h3-15,23,29-30H,1-2H3/b24-22+. The zero-order valence-corrected chi connectivity index (χ0v) is 18.0. The van der Waals surface area contributed by atoms with Crippen molar-refractivity contribution < 1.29 is 28.9 Å². The maximum absolute atomic E-state index is 14.0. The van der Waals surface area contributed by atoms with Crippen LogP contribution >= 0.6 is 0 Å². The molecule has 1 aliphatic heterocycles. The van der Waals surface area contributed by atoms with Crippen molar-refractivity contribution >= 4 is 23.1 Å². The normalized spacial score (nSPS) is 17.6. The number of aliphatic hydroxyl groups is 1. The average Bonchev–Trinajstić information content (AvgIpc) is 3.04. The summed E-state index contributed by atoms with van der Waals surface area (Å²) < 4.78 is 19.6. The number of amides is 1. The van der Waals surface area contributed by atoms with Crippen LogP contribution in [0.5, 0.6) is 11.5 Å². The molecule has 168 valence electrons. The number of phenols is 1. The highest BCUT2D eigenvalue weighted by Gasteiger charge is 2.47. The fourth-order valence-corrected chi connectivity index (χ4v) is 3.85. The first-order valence-electron chi connectivity index (χ1n) is 10.4. The lowest BCUT2D eigenvalue weighted by Gasteiger charge is -2.25. The van der Waals surface area contributed by atoms with Crippen LogP contribution in [0.3, 0.4) is 0 Å². The minimum absolute atomic E-state index is 0.0354. The van der Waals surface area contributed by atoms with E-state index in [-0.39, 0.29) is 28.9 Å². The Hall–Kier alpha value is -4.13. The van der Waals surface area contributed by atoms with Gasteiger partial charge in [0.05, 0.1) is 17.7 Å². The molecule has 0 radical (unpaired) electrons. The SMILES string of the molecule is CC(C)Oc1ccc(/C(O)=C2\C(=O)C(=O)N(c3cccc(F)c3)C2c2cccc(O)c2)cc1. The van der Waals surface area contributed by atoms with Gasteiger partial charge in [-0.05, 0) is 74.0 Å². The minimum Gasteiger partial charge on any atom is -0.508 e. The van der Waals surface area contributed by atoms with Crippen LogP contribution in [0.25, 0.3) is 5.76 Å². The van der Waals surface area contributed by atoms with Gasteiger partial charge in [0, 0.05) is 11.3 Å². The number of ketones is 1. The highest BCUT2D eigenvalue weighted by molar-refractivity contribution is 6.51. The second-order valence-electron chi connectivity index (χ2n) is 7.93. The Kier molecular flexibility index (Phi) is 5.87. The van der Waals surface area contributed by atoms with Crippen LogP contribution in [0.1, 0.15) is 31.0 Å². The van der Waals surface area contributed by atoms with Crippen LogP contribution in [0.15, 0.2) is 78.4 Å². The molecule has 3 aromatic rings. The van der Waals surface area contributed by atoms with Gasteiger partial charge in [-0.2, -0.15) is 0 Å². The maximum atomic E-state index is 14.0. The lowest BCUT2D eigenvalue weighted by molar-refractivity contribution is -0.132. The van der Waals surface area contributed by atoms with Crippen molar-refractivity contribution in [2.45, 2.75) is 26.0 Å². The van der Waals surface area contributed by atoms with Gasteiger partial charge in [-0.1, -0.05) is 18.2 Å². The molecule has 7 heteroatoms. The van der Waals surface area contributed by atoms with Crippen molar-refractivity contribution in [1.82, 2.24) is 0 Å². The monoisotopic (exact) mass is 447 g/mol. The minimum atomic E-state index is -1.06. The predicted molar refractivity (Wildman–Crippen MR) is 121 cm³/mol. The molecule has 33 heavy (non-hydrogen) atoms. The highest BCUT2D eigenvalue weighted by Crippen LogP contribution is 2.42. The summed E-state index contributed by atoms with van der Waals surface area (Å²) in [5, 5.41) is 21.1. The largest absolute Gasteiger partial charge is 0.508 e. The number of carbonyl (C=O) groups is 2. The van der Waals surface area contributed by atoms with E-state index < -0.39 is 23.5 Å². The average molecular weight is 447 g/mol. The number of hydrogen-bond acceptors (Lipinski definition) is 5. The van der Waals surface area contributed by atoms with Gasteiger partial charge in [0.25, 0.3) is 11.7 Å². The zero-order valence-electron chi connectivity index (χ0n) is 18.0. The number of hydrogen-bond donors (Lipinski definition) is 2. The third-order valence-corrected chi connectivity index (χ3v) is 5.22. The van der Waals surface area contributed by atoms with E-state index in [2.05, 4.69) is 0 Å². The van der Waals surface area contributed by atoms with E-state index in [4.69, 9.17) is 4.74 Å². The number of benzene rings is 3. The number of aliphatic hydroxyl groups excluding tert-OH is 1. The van der Waals surface area contributed by atoms with Crippen LogP contribution in [0.4, 0.5) is 10.1 Å². The Morgan fingerprint density at radius 3 is 2.33 bits per heavy atom. The fourth-order valence-electron chi connectivity index (χ4n) is 3.85. The molecule has 0 saturated carbocycles. The molecule has 1 amide bonds. The molecule has 6 nitrogen and oxygen atoms in total. The first-order valence-corrected chi connectivity index (χ1v) is 10.4. The molecule has 3 aromatic carbocycles. The molecule has 0 spiro atoms. The van der Waals surface area contributed by atoms with E-state index >= 15 is 0 Å². The van der Waals surface area contributed by atoms with Gasteiger partial charge in [-0.3, -0.25) is 14.5 Å². The molecule has 2 N–H and O–H groups in total. The van der Waals surface area contributed by atoms with Gasteiger partial charge in [0.2, 0.25) is 0 Å². The number of nitrogens with zero attached hydrogens (tertiary/aromatic N) is 1. The zero-order chi connectivity index (χ0) is 23.7. The summed E-state index contributed by atoms with van der Waals surface area (Å²) in [6.07, 6.45) is -0.0354.